The summed E-state index contributed by atoms with van der Waals surface area (Å²) in [4.78, 5) is 10.8. The van der Waals surface area contributed by atoms with Crippen LogP contribution in [0, 0.1) is 0 Å². The molecule has 0 aliphatic rings. The Morgan fingerprint density at radius 2 is 2.10 bits per heavy atom. The van der Waals surface area contributed by atoms with Crippen LogP contribution in [0.3, 0.4) is 0 Å². The van der Waals surface area contributed by atoms with E-state index in [2.05, 4.69) is 50.3 Å². The Kier molecular flexibility index (Phi) is 4.42. The Hall–Kier alpha value is -1.17. The highest BCUT2D eigenvalue weighted by Gasteiger charge is 2.10. The van der Waals surface area contributed by atoms with Crippen molar-refractivity contribution in [1.82, 2.24) is 9.97 Å². The van der Waals surface area contributed by atoms with E-state index in [1.807, 2.05) is 18.2 Å². The van der Waals surface area contributed by atoms with Gasteiger partial charge in [0.25, 0.3) is 0 Å². The fourth-order valence-electron chi connectivity index (χ4n) is 2.08. The Balaban J connectivity index is 1.93. The van der Waals surface area contributed by atoms with E-state index in [4.69, 9.17) is 11.6 Å². The lowest BCUT2D eigenvalue weighted by molar-refractivity contribution is 1.10. The van der Waals surface area contributed by atoms with E-state index >= 15 is 0 Å². The van der Waals surface area contributed by atoms with Crippen molar-refractivity contribution in [2.24, 2.45) is 0 Å². The molecule has 0 saturated carbocycles. The van der Waals surface area contributed by atoms with Gasteiger partial charge in [-0.15, -0.1) is 11.3 Å². The molecule has 3 rings (SSSR count). The molecular formula is C15H13BrClN3S. The van der Waals surface area contributed by atoms with Gasteiger partial charge in [-0.25, -0.2) is 9.97 Å². The molecule has 2 heterocycles. The number of nitrogens with zero attached hydrogens (tertiary/aromatic N) is 2. The summed E-state index contributed by atoms with van der Waals surface area (Å²) in [5.74, 6) is 0.789. The normalized spacial score (nSPS) is 11.0. The third-order valence-corrected chi connectivity index (χ3v) is 5.28. The molecule has 0 fully saturated rings. The number of hydrogen-bond donors (Lipinski definition) is 1. The van der Waals surface area contributed by atoms with Gasteiger partial charge in [-0.05, 0) is 35.7 Å². The molecule has 0 unspecified atom stereocenters. The molecule has 0 aliphatic carbocycles. The van der Waals surface area contributed by atoms with Crippen molar-refractivity contribution in [3.8, 4) is 0 Å². The highest BCUT2D eigenvalue weighted by atomic mass is 79.9. The number of fused-ring (bicyclic) bond motifs is 1. The van der Waals surface area contributed by atoms with E-state index in [0.29, 0.717) is 6.54 Å². The van der Waals surface area contributed by atoms with Crippen molar-refractivity contribution in [2.45, 2.75) is 19.9 Å². The van der Waals surface area contributed by atoms with Crippen LogP contribution >= 0.6 is 38.9 Å². The highest BCUT2D eigenvalue weighted by molar-refractivity contribution is 9.10. The fraction of sp³-hybridized carbons (Fsp3) is 0.200. The molecular weight excluding hydrogens is 370 g/mol. The van der Waals surface area contributed by atoms with Crippen molar-refractivity contribution in [2.75, 3.05) is 5.32 Å². The number of hydrogen-bond acceptors (Lipinski definition) is 4. The average Bonchev–Trinajstić information content (AvgIpc) is 2.89. The monoisotopic (exact) mass is 381 g/mol. The molecule has 21 heavy (non-hydrogen) atoms. The lowest BCUT2D eigenvalue weighted by atomic mass is 10.2. The van der Waals surface area contributed by atoms with Gasteiger partial charge < -0.3 is 5.32 Å². The van der Waals surface area contributed by atoms with Gasteiger partial charge in [0.05, 0.1) is 5.39 Å². The highest BCUT2D eigenvalue weighted by Crippen LogP contribution is 2.30. The van der Waals surface area contributed by atoms with Crippen molar-refractivity contribution >= 4 is 54.9 Å². The van der Waals surface area contributed by atoms with Crippen molar-refractivity contribution in [3.05, 3.63) is 50.5 Å². The lowest BCUT2D eigenvalue weighted by Gasteiger charge is -2.08. The Morgan fingerprint density at radius 1 is 1.29 bits per heavy atom. The molecule has 0 spiro atoms. The predicted octanol–water partition coefficient (Wildman–Crippen LogP) is 5.28. The zero-order chi connectivity index (χ0) is 14.8. The summed E-state index contributed by atoms with van der Waals surface area (Å²) >= 11 is 11.2. The first-order valence-corrected chi connectivity index (χ1v) is 8.59. The van der Waals surface area contributed by atoms with Gasteiger partial charge >= 0.3 is 0 Å². The number of nitrogens with one attached hydrogen (secondary N) is 1. The van der Waals surface area contributed by atoms with Crippen molar-refractivity contribution in [3.63, 3.8) is 0 Å². The van der Waals surface area contributed by atoms with Crippen LogP contribution in [-0.4, -0.2) is 9.97 Å². The van der Waals surface area contributed by atoms with Crippen LogP contribution in [0.5, 0.6) is 0 Å². The second-order valence-corrected chi connectivity index (χ2v) is 6.88. The number of benzene rings is 1. The Morgan fingerprint density at radius 3 is 2.86 bits per heavy atom. The molecule has 108 valence electrons. The SMILES string of the molecule is CCc1cc2c(NCc3ccccc3Br)nc(Cl)nc2s1. The van der Waals surface area contributed by atoms with E-state index in [9.17, 15) is 0 Å². The van der Waals surface area contributed by atoms with Crippen LogP contribution in [0.4, 0.5) is 5.82 Å². The summed E-state index contributed by atoms with van der Waals surface area (Å²) in [5, 5.41) is 4.68. The summed E-state index contributed by atoms with van der Waals surface area (Å²) in [7, 11) is 0. The van der Waals surface area contributed by atoms with E-state index in [-0.39, 0.29) is 5.28 Å². The van der Waals surface area contributed by atoms with Crippen LogP contribution in [0.2, 0.25) is 5.28 Å². The molecule has 0 bridgehead atoms. The standard InChI is InChI=1S/C15H13BrClN3S/c1-2-10-7-11-13(19-15(17)20-14(11)21-10)18-8-9-5-3-4-6-12(9)16/h3-7H,2,8H2,1H3,(H,18,19,20). The first kappa shape index (κ1) is 14.8. The Labute approximate surface area is 140 Å². The molecule has 0 atom stereocenters. The second kappa shape index (κ2) is 6.30. The molecule has 3 nitrogen and oxygen atoms in total. The summed E-state index contributed by atoms with van der Waals surface area (Å²) in [6.45, 7) is 2.81. The van der Waals surface area contributed by atoms with Crippen LogP contribution in [-0.2, 0) is 13.0 Å². The summed E-state index contributed by atoms with van der Waals surface area (Å²) < 4.78 is 1.08. The number of anilines is 1. The number of halogens is 2. The zero-order valence-electron chi connectivity index (χ0n) is 11.4. The lowest BCUT2D eigenvalue weighted by Crippen LogP contribution is -2.03. The second-order valence-electron chi connectivity index (χ2n) is 4.57. The quantitative estimate of drug-likeness (QED) is 0.624. The number of aromatic nitrogens is 2. The minimum atomic E-state index is 0.279. The van der Waals surface area contributed by atoms with Crippen molar-refractivity contribution in [1.29, 1.82) is 0 Å². The van der Waals surface area contributed by atoms with Gasteiger partial charge in [-0.1, -0.05) is 41.1 Å². The molecule has 0 saturated heterocycles. The topological polar surface area (TPSA) is 37.8 Å². The zero-order valence-corrected chi connectivity index (χ0v) is 14.5. The smallest absolute Gasteiger partial charge is 0.225 e. The number of thiophene rings is 1. The van der Waals surface area contributed by atoms with Crippen LogP contribution in [0.1, 0.15) is 17.4 Å². The third-order valence-electron chi connectivity index (χ3n) is 3.17. The molecule has 3 aromatic rings. The van der Waals surface area contributed by atoms with Gasteiger partial charge in [0.1, 0.15) is 10.6 Å². The van der Waals surface area contributed by atoms with E-state index in [0.717, 1.165) is 26.9 Å². The minimum absolute atomic E-state index is 0.279. The van der Waals surface area contributed by atoms with Crippen LogP contribution < -0.4 is 5.32 Å². The Bertz CT molecular complexity index is 788. The number of aryl methyl sites for hydroxylation is 1. The largest absolute Gasteiger partial charge is 0.365 e. The summed E-state index contributed by atoms with van der Waals surface area (Å²) in [5.41, 5.74) is 1.17. The van der Waals surface area contributed by atoms with Gasteiger partial charge in [0.2, 0.25) is 5.28 Å². The van der Waals surface area contributed by atoms with Crippen LogP contribution in [0.15, 0.2) is 34.8 Å². The van der Waals surface area contributed by atoms with E-state index < -0.39 is 0 Å². The average molecular weight is 383 g/mol. The van der Waals surface area contributed by atoms with Gasteiger partial charge in [-0.2, -0.15) is 0 Å². The molecule has 1 N–H and O–H groups in total. The maximum atomic E-state index is 6.02. The van der Waals surface area contributed by atoms with Crippen molar-refractivity contribution < 1.29 is 0 Å². The van der Waals surface area contributed by atoms with E-state index in [1.54, 1.807) is 11.3 Å². The first-order valence-electron chi connectivity index (χ1n) is 6.60. The number of rotatable bonds is 4. The molecule has 1 aromatic carbocycles. The van der Waals surface area contributed by atoms with Gasteiger partial charge in [-0.3, -0.25) is 0 Å². The summed E-state index contributed by atoms with van der Waals surface area (Å²) in [6, 6.07) is 10.3. The molecule has 0 radical (unpaired) electrons. The molecule has 0 aliphatic heterocycles. The minimum Gasteiger partial charge on any atom is -0.365 e. The van der Waals surface area contributed by atoms with Gasteiger partial charge in [0, 0.05) is 15.9 Å². The van der Waals surface area contributed by atoms with E-state index in [1.165, 1.54) is 10.4 Å². The maximum Gasteiger partial charge on any atom is 0.225 e. The predicted molar refractivity (Wildman–Crippen MR) is 93.3 cm³/mol. The maximum absolute atomic E-state index is 6.02. The van der Waals surface area contributed by atoms with Gasteiger partial charge in [0.15, 0.2) is 0 Å². The summed E-state index contributed by atoms with van der Waals surface area (Å²) in [6.07, 6.45) is 0.988. The molecule has 0 amide bonds. The molecule has 2 aromatic heterocycles. The third kappa shape index (κ3) is 3.20. The first-order chi connectivity index (χ1) is 10.2. The fourth-order valence-corrected chi connectivity index (χ4v) is 3.69. The molecule has 6 heteroatoms. The van der Waals surface area contributed by atoms with Crippen LogP contribution in [0.25, 0.3) is 10.2 Å².